The highest BCUT2D eigenvalue weighted by Crippen LogP contribution is 2.55. The zero-order valence-corrected chi connectivity index (χ0v) is 18.3. The maximum atomic E-state index is 13.1. The van der Waals surface area contributed by atoms with Gasteiger partial charge in [-0.3, -0.25) is 23.9 Å². The summed E-state index contributed by atoms with van der Waals surface area (Å²) in [5.41, 5.74) is -0.0844. The Bertz CT molecular complexity index is 766. The number of amides is 3. The van der Waals surface area contributed by atoms with E-state index >= 15 is 0 Å². The Balaban J connectivity index is 1.71. The van der Waals surface area contributed by atoms with Crippen molar-refractivity contribution in [3.8, 4) is 0 Å². The van der Waals surface area contributed by atoms with Crippen LogP contribution in [0.4, 0.5) is 13.2 Å². The van der Waals surface area contributed by atoms with Crippen LogP contribution >= 0.6 is 0 Å². The molecule has 1 aliphatic carbocycles. The number of hydrogen-bond acceptors (Lipinski definition) is 5. The molecule has 32 heavy (non-hydrogen) atoms. The molecule has 0 aromatic rings. The molecule has 2 heterocycles. The minimum Gasteiger partial charge on any atom is -0.356 e. The first-order valence-corrected chi connectivity index (χ1v) is 11.0. The second kappa shape index (κ2) is 9.36. The number of alkyl halides is 3. The standard InChI is InChI=1S/C21H30F3N3O5/c1-12(2)7-17(29)27-11-20(4-5-20)9-15(27)19(31)26-14(8-13-3-6-25-18(13)30)16(28)10-32-21(22,23)24/h12-15H,3-11H2,1-2H3,(H,25,30)(H,26,31)/t13-,14-,15-/m0/s1. The lowest BCUT2D eigenvalue weighted by Crippen LogP contribution is -2.52. The summed E-state index contributed by atoms with van der Waals surface area (Å²) in [4.78, 5) is 51.8. The van der Waals surface area contributed by atoms with Crippen molar-refractivity contribution < 1.29 is 37.1 Å². The van der Waals surface area contributed by atoms with Crippen LogP contribution in [0, 0.1) is 17.3 Å². The number of likely N-dealkylation sites (tertiary alicyclic amines) is 1. The number of nitrogens with one attached hydrogen (secondary N) is 2. The average Bonchev–Trinajstić information content (AvgIpc) is 3.13. The molecule has 0 aromatic heterocycles. The van der Waals surface area contributed by atoms with Gasteiger partial charge in [-0.1, -0.05) is 13.8 Å². The molecule has 2 aliphatic heterocycles. The molecule has 1 spiro atoms. The summed E-state index contributed by atoms with van der Waals surface area (Å²) in [6, 6.07) is -2.09. The van der Waals surface area contributed by atoms with Crippen molar-refractivity contribution in [1.29, 1.82) is 0 Å². The van der Waals surface area contributed by atoms with Crippen LogP contribution in [0.5, 0.6) is 0 Å². The second-order valence-corrected chi connectivity index (χ2v) is 9.61. The van der Waals surface area contributed by atoms with Crippen molar-refractivity contribution in [2.75, 3.05) is 19.7 Å². The molecule has 3 rings (SSSR count). The van der Waals surface area contributed by atoms with Crippen molar-refractivity contribution in [3.05, 3.63) is 0 Å². The number of hydrogen-bond donors (Lipinski definition) is 2. The zero-order valence-electron chi connectivity index (χ0n) is 18.3. The Labute approximate surface area is 184 Å². The first-order chi connectivity index (χ1) is 14.9. The predicted molar refractivity (Wildman–Crippen MR) is 106 cm³/mol. The Morgan fingerprint density at radius 1 is 1.28 bits per heavy atom. The van der Waals surface area contributed by atoms with Crippen LogP contribution in [0.3, 0.4) is 0 Å². The normalized spacial score (nSPS) is 25.2. The third-order valence-electron chi connectivity index (χ3n) is 6.44. The fraction of sp³-hybridized carbons (Fsp3) is 0.810. The maximum absolute atomic E-state index is 13.1. The molecule has 1 saturated carbocycles. The van der Waals surface area contributed by atoms with E-state index in [-0.39, 0.29) is 36.0 Å². The van der Waals surface area contributed by atoms with Gasteiger partial charge in [0.25, 0.3) is 0 Å². The number of ketones is 1. The lowest BCUT2D eigenvalue weighted by molar-refractivity contribution is -0.321. The number of Topliss-reactive ketones (excluding diaryl/α,β-unsaturated/α-hetero) is 1. The summed E-state index contributed by atoms with van der Waals surface area (Å²) in [7, 11) is 0. The molecule has 11 heteroatoms. The summed E-state index contributed by atoms with van der Waals surface area (Å²) in [5, 5.41) is 5.15. The lowest BCUT2D eigenvalue weighted by Gasteiger charge is -2.27. The third kappa shape index (κ3) is 6.20. The van der Waals surface area contributed by atoms with Gasteiger partial charge in [-0.05, 0) is 43.4 Å². The topological polar surface area (TPSA) is 105 Å². The van der Waals surface area contributed by atoms with E-state index < -0.39 is 42.7 Å². The van der Waals surface area contributed by atoms with E-state index in [4.69, 9.17) is 0 Å². The van der Waals surface area contributed by atoms with E-state index in [0.717, 1.165) is 12.8 Å². The van der Waals surface area contributed by atoms with Gasteiger partial charge < -0.3 is 15.5 Å². The highest BCUT2D eigenvalue weighted by molar-refractivity contribution is 5.94. The molecule has 0 aromatic carbocycles. The lowest BCUT2D eigenvalue weighted by atomic mass is 9.95. The molecule has 3 fully saturated rings. The fourth-order valence-electron chi connectivity index (χ4n) is 4.50. The van der Waals surface area contributed by atoms with Crippen LogP contribution in [-0.2, 0) is 23.9 Å². The van der Waals surface area contributed by atoms with Crippen molar-refractivity contribution in [3.63, 3.8) is 0 Å². The Morgan fingerprint density at radius 3 is 2.50 bits per heavy atom. The van der Waals surface area contributed by atoms with Gasteiger partial charge >= 0.3 is 6.36 Å². The molecule has 3 amide bonds. The smallest absolute Gasteiger partial charge is 0.356 e. The van der Waals surface area contributed by atoms with Crippen LogP contribution in [0.15, 0.2) is 0 Å². The summed E-state index contributed by atoms with van der Waals surface area (Å²) in [5.74, 6) is -2.48. The van der Waals surface area contributed by atoms with Crippen LogP contribution in [0.1, 0.15) is 52.4 Å². The van der Waals surface area contributed by atoms with Gasteiger partial charge in [0.1, 0.15) is 12.6 Å². The molecule has 0 radical (unpaired) electrons. The van der Waals surface area contributed by atoms with E-state index in [9.17, 15) is 32.3 Å². The Hall–Kier alpha value is -2.17. The van der Waals surface area contributed by atoms with E-state index in [1.165, 1.54) is 0 Å². The maximum Gasteiger partial charge on any atom is 0.522 e. The van der Waals surface area contributed by atoms with E-state index in [1.807, 2.05) is 13.8 Å². The minimum atomic E-state index is -4.99. The van der Waals surface area contributed by atoms with Crippen molar-refractivity contribution in [2.24, 2.45) is 17.3 Å². The molecule has 2 N–H and O–H groups in total. The summed E-state index contributed by atoms with van der Waals surface area (Å²) in [6.45, 7) is 3.42. The minimum absolute atomic E-state index is 0.0844. The van der Waals surface area contributed by atoms with Gasteiger partial charge in [0.05, 0.1) is 6.04 Å². The van der Waals surface area contributed by atoms with Crippen LogP contribution < -0.4 is 10.6 Å². The summed E-state index contributed by atoms with van der Waals surface area (Å²) >= 11 is 0. The van der Waals surface area contributed by atoms with Crippen LogP contribution in [0.2, 0.25) is 0 Å². The van der Waals surface area contributed by atoms with E-state index in [2.05, 4.69) is 15.4 Å². The van der Waals surface area contributed by atoms with Gasteiger partial charge in [-0.15, -0.1) is 13.2 Å². The SMILES string of the molecule is CC(C)CC(=O)N1CC2(CC2)C[C@H]1C(=O)N[C@@H](C[C@@H]1CCNC1=O)C(=O)COC(F)(F)F. The molecule has 0 unspecified atom stereocenters. The van der Waals surface area contributed by atoms with Crippen LogP contribution in [0.25, 0.3) is 0 Å². The number of rotatable bonds is 9. The number of ether oxygens (including phenoxy) is 1. The van der Waals surface area contributed by atoms with Gasteiger partial charge in [-0.2, -0.15) is 0 Å². The van der Waals surface area contributed by atoms with Gasteiger partial charge in [0, 0.05) is 25.4 Å². The van der Waals surface area contributed by atoms with Crippen molar-refractivity contribution >= 4 is 23.5 Å². The first kappa shape index (κ1) is 24.5. The molecule has 2 saturated heterocycles. The van der Waals surface area contributed by atoms with Crippen LogP contribution in [-0.4, -0.2) is 66.5 Å². The average molecular weight is 461 g/mol. The number of nitrogens with zero attached hydrogens (tertiary/aromatic N) is 1. The molecule has 8 nitrogen and oxygen atoms in total. The summed E-state index contributed by atoms with van der Waals surface area (Å²) < 4.78 is 40.9. The first-order valence-electron chi connectivity index (χ1n) is 11.0. The van der Waals surface area contributed by atoms with Crippen molar-refractivity contribution in [2.45, 2.75) is 70.8 Å². The molecule has 3 atom stereocenters. The third-order valence-corrected chi connectivity index (χ3v) is 6.44. The van der Waals surface area contributed by atoms with Gasteiger partial charge in [-0.25, -0.2) is 0 Å². The van der Waals surface area contributed by atoms with Crippen molar-refractivity contribution in [1.82, 2.24) is 15.5 Å². The number of halogens is 3. The highest BCUT2D eigenvalue weighted by Gasteiger charge is 2.55. The van der Waals surface area contributed by atoms with Gasteiger partial charge in [0.15, 0.2) is 5.78 Å². The second-order valence-electron chi connectivity index (χ2n) is 9.61. The number of carbonyl (C=O) groups is 4. The molecular formula is C21H30F3N3O5. The largest absolute Gasteiger partial charge is 0.522 e. The molecule has 0 bridgehead atoms. The molecular weight excluding hydrogens is 431 g/mol. The number of carbonyl (C=O) groups excluding carboxylic acids is 4. The Morgan fingerprint density at radius 2 is 1.97 bits per heavy atom. The molecule has 3 aliphatic rings. The fourth-order valence-corrected chi connectivity index (χ4v) is 4.50. The monoisotopic (exact) mass is 461 g/mol. The Kier molecular flexibility index (Phi) is 7.16. The molecule has 180 valence electrons. The summed E-state index contributed by atoms with van der Waals surface area (Å²) in [6.07, 6.45) is -2.12. The zero-order chi connectivity index (χ0) is 23.7. The highest BCUT2D eigenvalue weighted by atomic mass is 19.4. The van der Waals surface area contributed by atoms with Gasteiger partial charge in [0.2, 0.25) is 17.7 Å². The van der Waals surface area contributed by atoms with E-state index in [0.29, 0.717) is 25.9 Å². The quantitative estimate of drug-likeness (QED) is 0.542. The van der Waals surface area contributed by atoms with E-state index in [1.54, 1.807) is 4.90 Å². The predicted octanol–water partition coefficient (Wildman–Crippen LogP) is 1.53.